The molecule has 16 unspecified atom stereocenters. The van der Waals surface area contributed by atoms with Crippen LogP contribution in [0.5, 0.6) is 0 Å². The molecule has 0 amide bonds. The first-order chi connectivity index (χ1) is 35.2. The minimum Gasteiger partial charge on any atom is -0.387 e. The fourth-order valence-corrected chi connectivity index (χ4v) is 14.4. The minimum atomic E-state index is -5.79. The molecule has 9 rings (SSSR count). The van der Waals surface area contributed by atoms with E-state index < -0.39 is 135 Å². The lowest BCUT2D eigenvalue weighted by molar-refractivity contribution is -0.646. The second kappa shape index (κ2) is 20.6. The van der Waals surface area contributed by atoms with Gasteiger partial charge in [-0.05, 0) is 0 Å². The summed E-state index contributed by atoms with van der Waals surface area (Å²) in [7, 11) is -14.3. The highest BCUT2D eigenvalue weighted by atomic mass is 32.7. The van der Waals surface area contributed by atoms with Gasteiger partial charge in [-0.25, -0.2) is 42.8 Å². The molecule has 0 spiro atoms. The number of fused-ring (bicyclic) bond motifs is 3. The molecule has 0 saturated carbocycles. The van der Waals surface area contributed by atoms with Crippen molar-refractivity contribution < 1.29 is 104 Å². The number of hydrogen-bond acceptors (Lipinski definition) is 29. The van der Waals surface area contributed by atoms with Crippen LogP contribution in [-0.2, 0) is 71.0 Å². The van der Waals surface area contributed by atoms with E-state index in [0.29, 0.717) is 0 Å². The van der Waals surface area contributed by atoms with Crippen LogP contribution in [0.3, 0.4) is 0 Å². The van der Waals surface area contributed by atoms with Gasteiger partial charge in [-0.3, -0.25) is 46.8 Å². The van der Waals surface area contributed by atoms with E-state index in [1.54, 1.807) is 0 Å². The molecule has 6 aromatic rings. The van der Waals surface area contributed by atoms with Crippen LogP contribution >= 0.6 is 42.5 Å². The summed E-state index contributed by atoms with van der Waals surface area (Å²) < 4.78 is 110. The van der Waals surface area contributed by atoms with Crippen LogP contribution < -0.4 is 32.9 Å². The van der Waals surface area contributed by atoms with E-state index in [-0.39, 0.29) is 51.2 Å². The van der Waals surface area contributed by atoms with Crippen LogP contribution in [0.4, 0.5) is 17.7 Å². The fraction of sp³-hybridized carbons (Fsp3) is 0.531. The van der Waals surface area contributed by atoms with Crippen LogP contribution in [0.15, 0.2) is 34.9 Å². The van der Waals surface area contributed by atoms with Crippen molar-refractivity contribution in [2.24, 2.45) is 7.05 Å². The largest absolute Gasteiger partial charge is 0.480 e. The number of nitrogens with zero attached hydrogens (tertiary/aromatic N) is 10. The van der Waals surface area contributed by atoms with Gasteiger partial charge < -0.3 is 71.3 Å². The minimum absolute atomic E-state index is 0.00485. The Balaban J connectivity index is 0.862. The van der Waals surface area contributed by atoms with Crippen molar-refractivity contribution in [1.82, 2.24) is 53.6 Å². The van der Waals surface area contributed by atoms with Crippen LogP contribution in [0.25, 0.3) is 33.5 Å². The maximum absolute atomic E-state index is 13.7. The Kier molecular flexibility index (Phi) is 15.1. The number of aliphatic hydroxyl groups is 4. The van der Waals surface area contributed by atoms with Gasteiger partial charge in [0, 0.05) is 7.11 Å². The van der Waals surface area contributed by atoms with Crippen LogP contribution in [-0.4, -0.2) is 171 Å². The SMILES string of the molecule is COC1C(OP(=O)(O)OCC2OC(n3cnc4c(=O)[nH]c(N)nc43)C(O)C2O)C(COP(=O)(O)OP(=O)(S)OP(=O)(O)OCC2OC(n3c[n+](C)c4c(=O)[nH]c(N)nc43)C(O)C2O)OC1n1cnc2c(N)ncnc21. The smallest absolute Gasteiger partial charge is 0.387 e. The summed E-state index contributed by atoms with van der Waals surface area (Å²) in [6.45, 7) is -8.74. The average molecular weight is 1160 g/mol. The molecule has 38 nitrogen and oxygen atoms in total. The molecule has 9 heterocycles. The molecule has 43 heteroatoms. The molecule has 3 saturated heterocycles. The maximum atomic E-state index is 13.7. The summed E-state index contributed by atoms with van der Waals surface area (Å²) in [5.41, 5.74) is 15.6. The third-order valence-electron chi connectivity index (χ3n) is 11.6. The Morgan fingerprint density at radius 2 is 1.17 bits per heavy atom. The molecule has 0 aliphatic carbocycles. The number of methoxy groups -OCH3 is 1. The standard InChI is InChI=1S/C32H43N15O23P4S/c1-44-9-47(25-15(44)27(53)43-32(35)41-25)29-19(51)17(49)11(66-29)4-63-72(56,57)69-74(60,75)70-73(58,59)64-5-12-20(21(61-2)30(67-12)45-7-38-13-22(33)36-6-37-23(13)45)68-71(54,55)62-3-10-16(48)18(50)28(65-10)46-8-39-14-24(46)40-31(34)42-26(14)52/h6-12,16-21,28-30,48-51H,3-5H2,1-2H3,(H11-,33,34,35,36,37,40,41,42,43,52,53,54,55,56,57,58,59,60,75)/p+1. The van der Waals surface area contributed by atoms with E-state index in [1.807, 2.05) is 0 Å². The zero-order valence-corrected chi connectivity index (χ0v) is 42.4. The topological polar surface area (TPSA) is 542 Å². The van der Waals surface area contributed by atoms with Gasteiger partial charge in [-0.15, -0.1) is 0 Å². The highest BCUT2D eigenvalue weighted by Crippen LogP contribution is 2.72. The predicted molar refractivity (Wildman–Crippen MR) is 246 cm³/mol. The Labute approximate surface area is 420 Å². The van der Waals surface area contributed by atoms with Crippen LogP contribution in [0.2, 0.25) is 0 Å². The van der Waals surface area contributed by atoms with E-state index in [4.69, 9.17) is 54.2 Å². The van der Waals surface area contributed by atoms with Gasteiger partial charge in [0.25, 0.3) is 16.7 Å². The average Bonchev–Trinajstić information content (AvgIpc) is 4.17. The van der Waals surface area contributed by atoms with Gasteiger partial charge >= 0.3 is 35.8 Å². The molecule has 0 aromatic carbocycles. The molecule has 0 bridgehead atoms. The van der Waals surface area contributed by atoms with Crippen LogP contribution in [0.1, 0.15) is 18.7 Å². The third kappa shape index (κ3) is 11.1. The molecule has 15 N–H and O–H groups in total. The number of nitrogen functional groups attached to an aromatic ring is 3. The number of hydrogen-bond donors (Lipinski definition) is 13. The Morgan fingerprint density at radius 3 is 1.77 bits per heavy atom. The molecule has 6 aromatic heterocycles. The lowest BCUT2D eigenvalue weighted by atomic mass is 10.1. The first-order valence-corrected chi connectivity index (χ1v) is 28.3. The number of phosphoric acid groups is 3. The number of aliphatic hydroxyl groups excluding tert-OH is 4. The monoisotopic (exact) mass is 1160 g/mol. The van der Waals surface area contributed by atoms with Crippen molar-refractivity contribution in [2.75, 3.05) is 44.1 Å². The summed E-state index contributed by atoms with van der Waals surface area (Å²) in [6.07, 6.45) is -15.3. The Bertz CT molecular complexity index is 3470. The number of aryl methyl sites for hydroxylation is 1. The number of phosphoric ester groups is 3. The maximum Gasteiger partial charge on any atom is 0.480 e. The van der Waals surface area contributed by atoms with Gasteiger partial charge in [0.2, 0.25) is 24.5 Å². The van der Waals surface area contributed by atoms with Gasteiger partial charge in [0.1, 0.15) is 66.8 Å². The lowest BCUT2D eigenvalue weighted by Crippen LogP contribution is -2.38. The first kappa shape index (κ1) is 55.0. The van der Waals surface area contributed by atoms with E-state index in [9.17, 15) is 63.0 Å². The number of anilines is 3. The molecule has 3 aliphatic heterocycles. The number of ether oxygens (including phenoxy) is 4. The van der Waals surface area contributed by atoms with E-state index in [1.165, 1.54) is 22.5 Å². The molecule has 0 radical (unpaired) electrons. The van der Waals surface area contributed by atoms with Gasteiger partial charge in [0.15, 0.2) is 35.1 Å². The van der Waals surface area contributed by atoms with Crippen molar-refractivity contribution in [3.8, 4) is 0 Å². The number of rotatable bonds is 19. The normalized spacial score (nSPS) is 30.5. The Hall–Kier alpha value is -4.76. The number of nitrogens with one attached hydrogen (secondary N) is 2. The van der Waals surface area contributed by atoms with Crippen molar-refractivity contribution in [3.63, 3.8) is 0 Å². The van der Waals surface area contributed by atoms with Gasteiger partial charge in [0.05, 0.1) is 39.5 Å². The first-order valence-electron chi connectivity index (χ1n) is 21.2. The fourth-order valence-electron chi connectivity index (χ4n) is 8.29. The molecular formula is C32H44N15O23P4S+. The summed E-state index contributed by atoms with van der Waals surface area (Å²) in [6, 6.07) is 0. The molecule has 410 valence electrons. The summed E-state index contributed by atoms with van der Waals surface area (Å²) >= 11 is 3.50. The quantitative estimate of drug-likeness (QED) is 0.0210. The van der Waals surface area contributed by atoms with E-state index >= 15 is 0 Å². The second-order valence-corrected chi connectivity index (χ2v) is 24.0. The molecule has 3 fully saturated rings. The highest BCUT2D eigenvalue weighted by Gasteiger charge is 2.54. The Morgan fingerprint density at radius 1 is 0.667 bits per heavy atom. The predicted octanol–water partition coefficient (Wildman–Crippen LogP) is -3.77. The van der Waals surface area contributed by atoms with Gasteiger partial charge in [-0.2, -0.15) is 23.2 Å². The molecule has 75 heavy (non-hydrogen) atoms. The van der Waals surface area contributed by atoms with Crippen molar-refractivity contribution in [1.29, 1.82) is 0 Å². The number of aromatic amines is 2. The number of nitrogens with two attached hydrogens (primary N) is 3. The summed E-state index contributed by atoms with van der Waals surface area (Å²) in [4.78, 5) is 85.6. The molecule has 3 aliphatic rings. The van der Waals surface area contributed by atoms with Crippen molar-refractivity contribution in [3.05, 3.63) is 46.0 Å². The van der Waals surface area contributed by atoms with E-state index in [0.717, 1.165) is 35.2 Å². The molecular weight excluding hydrogens is 1120 g/mol. The summed E-state index contributed by atoms with van der Waals surface area (Å²) in [5.74, 6) is -0.675. The number of aromatic nitrogens is 12. The number of imidazole rings is 3. The van der Waals surface area contributed by atoms with Gasteiger partial charge in [-0.1, -0.05) is 12.2 Å². The lowest BCUT2D eigenvalue weighted by Gasteiger charge is -2.26. The van der Waals surface area contributed by atoms with Crippen molar-refractivity contribution >= 4 is 93.7 Å². The number of H-pyrrole nitrogens is 2. The zero-order valence-electron chi connectivity index (χ0n) is 38.0. The number of thiol groups is 1. The van der Waals surface area contributed by atoms with E-state index in [2.05, 4.69) is 60.7 Å². The second-order valence-electron chi connectivity index (χ2n) is 16.5. The molecule has 16 atom stereocenters. The van der Waals surface area contributed by atoms with Crippen molar-refractivity contribution in [2.45, 2.75) is 73.6 Å². The summed E-state index contributed by atoms with van der Waals surface area (Å²) in [5, 5.41) is 43.3. The van der Waals surface area contributed by atoms with Crippen LogP contribution in [0, 0.1) is 0 Å². The zero-order chi connectivity index (χ0) is 54.3. The third-order valence-corrected chi connectivity index (χ3v) is 18.1. The highest BCUT2D eigenvalue weighted by molar-refractivity contribution is 8.45.